The number of ether oxygens (including phenoxy) is 1. The van der Waals surface area contributed by atoms with Crippen LogP contribution in [0.1, 0.15) is 19.8 Å². The number of hydrogen-bond acceptors (Lipinski definition) is 4. The first-order chi connectivity index (χ1) is 5.43. The lowest BCUT2D eigenvalue weighted by atomic mass is 10.4. The minimum atomic E-state index is 0.355. The van der Waals surface area contributed by atoms with Crippen LogP contribution in [-0.4, -0.2) is 21.6 Å². The van der Waals surface area contributed by atoms with E-state index in [1.54, 1.807) is 0 Å². The molecule has 1 aromatic heterocycles. The molecule has 0 aliphatic rings. The predicted octanol–water partition coefficient (Wildman–Crippen LogP) is 0.851. The van der Waals surface area contributed by atoms with Gasteiger partial charge in [-0.3, -0.25) is 0 Å². The molecule has 1 aromatic rings. The van der Waals surface area contributed by atoms with Crippen molar-refractivity contribution in [1.29, 1.82) is 0 Å². The van der Waals surface area contributed by atoms with Gasteiger partial charge in [0.25, 0.3) is 0 Å². The summed E-state index contributed by atoms with van der Waals surface area (Å²) in [4.78, 5) is 11.0. The molecule has 59 valence electrons. The summed E-state index contributed by atoms with van der Waals surface area (Å²) in [5.41, 5.74) is 0. The average Bonchev–Trinajstić information content (AvgIpc) is 2.07. The van der Waals surface area contributed by atoms with Gasteiger partial charge in [-0.2, -0.15) is 9.97 Å². The molecule has 0 saturated carbocycles. The van der Waals surface area contributed by atoms with E-state index in [0.29, 0.717) is 12.6 Å². The summed E-state index contributed by atoms with van der Waals surface area (Å²) in [6.45, 7) is 2.76. The molecule has 0 spiro atoms. The minimum absolute atomic E-state index is 0.355. The summed E-state index contributed by atoms with van der Waals surface area (Å²) in [7, 11) is 0. The van der Waals surface area contributed by atoms with E-state index in [2.05, 4.69) is 28.2 Å². The number of aromatic nitrogens is 3. The van der Waals surface area contributed by atoms with Crippen molar-refractivity contribution in [2.75, 3.05) is 6.61 Å². The first kappa shape index (κ1) is 7.91. The lowest BCUT2D eigenvalue weighted by Gasteiger charge is -1.99. The first-order valence-electron chi connectivity index (χ1n) is 3.61. The van der Waals surface area contributed by atoms with Crippen LogP contribution in [0.25, 0.3) is 0 Å². The molecule has 4 nitrogen and oxygen atoms in total. The second-order valence-corrected chi connectivity index (χ2v) is 2.07. The Labute approximate surface area is 65.7 Å². The number of rotatable bonds is 4. The maximum atomic E-state index is 5.15. The molecule has 1 radical (unpaired) electrons. The molecular weight excluding hydrogens is 142 g/mol. The van der Waals surface area contributed by atoms with Gasteiger partial charge in [0.1, 0.15) is 6.33 Å². The van der Waals surface area contributed by atoms with Gasteiger partial charge in [-0.25, -0.2) is 4.98 Å². The summed E-state index contributed by atoms with van der Waals surface area (Å²) in [6, 6.07) is 0.355. The molecule has 0 N–H and O–H groups in total. The molecule has 0 atom stereocenters. The third-order valence-electron chi connectivity index (χ3n) is 1.16. The Morgan fingerprint density at radius 2 is 2.55 bits per heavy atom. The Balaban J connectivity index is 2.28. The summed E-state index contributed by atoms with van der Waals surface area (Å²) < 4.78 is 5.15. The van der Waals surface area contributed by atoms with E-state index in [1.807, 2.05) is 0 Å². The molecule has 11 heavy (non-hydrogen) atoms. The van der Waals surface area contributed by atoms with Gasteiger partial charge >= 0.3 is 6.01 Å². The molecule has 1 heterocycles. The third kappa shape index (κ3) is 2.93. The maximum absolute atomic E-state index is 5.15. The molecule has 0 bridgehead atoms. The van der Waals surface area contributed by atoms with Crippen molar-refractivity contribution in [1.82, 2.24) is 15.0 Å². The van der Waals surface area contributed by atoms with Gasteiger partial charge in [0.05, 0.1) is 6.61 Å². The fraction of sp³-hybridized carbons (Fsp3) is 0.571. The zero-order chi connectivity index (χ0) is 7.94. The fourth-order valence-electron chi connectivity index (χ4n) is 0.582. The predicted molar refractivity (Wildman–Crippen MR) is 39.1 cm³/mol. The highest BCUT2D eigenvalue weighted by atomic mass is 16.5. The van der Waals surface area contributed by atoms with Crippen LogP contribution in [0.5, 0.6) is 6.01 Å². The van der Waals surface area contributed by atoms with Crippen LogP contribution in [0.2, 0.25) is 0 Å². The van der Waals surface area contributed by atoms with Crippen LogP contribution in [0.3, 0.4) is 0 Å². The smallest absolute Gasteiger partial charge is 0.320 e. The van der Waals surface area contributed by atoms with E-state index in [-0.39, 0.29) is 0 Å². The number of nitrogens with zero attached hydrogens (tertiary/aromatic N) is 3. The lowest BCUT2D eigenvalue weighted by molar-refractivity contribution is 0.284. The highest BCUT2D eigenvalue weighted by Crippen LogP contribution is 1.96. The Kier molecular flexibility index (Phi) is 3.31. The molecule has 0 aliphatic heterocycles. The van der Waals surface area contributed by atoms with Crippen molar-refractivity contribution in [2.45, 2.75) is 19.8 Å². The Morgan fingerprint density at radius 1 is 1.64 bits per heavy atom. The Morgan fingerprint density at radius 3 is 3.18 bits per heavy atom. The Bertz CT molecular complexity index is 190. The van der Waals surface area contributed by atoms with Gasteiger partial charge in [-0.15, -0.1) is 0 Å². The standard InChI is InChI=1S/C7H10N3O/c1-2-3-4-11-7-9-5-8-6-10-7/h5H,2-4H2,1H3. The molecule has 1 rings (SSSR count). The lowest BCUT2D eigenvalue weighted by Crippen LogP contribution is -2.00. The van der Waals surface area contributed by atoms with Gasteiger partial charge in [0, 0.05) is 0 Å². The van der Waals surface area contributed by atoms with E-state index >= 15 is 0 Å². The van der Waals surface area contributed by atoms with E-state index < -0.39 is 0 Å². The minimum Gasteiger partial charge on any atom is -0.463 e. The highest BCUT2D eigenvalue weighted by molar-refractivity contribution is 4.85. The molecule has 0 fully saturated rings. The van der Waals surface area contributed by atoms with Crippen molar-refractivity contribution >= 4 is 0 Å². The second-order valence-electron chi connectivity index (χ2n) is 2.07. The van der Waals surface area contributed by atoms with Gasteiger partial charge in [-0.1, -0.05) is 13.3 Å². The molecule has 0 unspecified atom stereocenters. The van der Waals surface area contributed by atoms with E-state index in [0.717, 1.165) is 12.8 Å². The summed E-state index contributed by atoms with van der Waals surface area (Å²) in [5.74, 6) is 0. The van der Waals surface area contributed by atoms with Gasteiger partial charge in [0.15, 0.2) is 0 Å². The van der Waals surface area contributed by atoms with E-state index in [4.69, 9.17) is 4.74 Å². The molecular formula is C7H10N3O. The molecule has 0 aliphatic carbocycles. The number of hydrogen-bond donors (Lipinski definition) is 0. The highest BCUT2D eigenvalue weighted by Gasteiger charge is 1.92. The summed E-state index contributed by atoms with van der Waals surface area (Å²) in [5, 5.41) is 0. The molecule has 0 amide bonds. The van der Waals surface area contributed by atoms with Crippen LogP contribution >= 0.6 is 0 Å². The summed E-state index contributed by atoms with van der Waals surface area (Å²) in [6.07, 6.45) is 5.90. The zero-order valence-corrected chi connectivity index (χ0v) is 6.45. The quantitative estimate of drug-likeness (QED) is 0.600. The SMILES string of the molecule is CCCCOc1n[c]ncn1. The topological polar surface area (TPSA) is 47.9 Å². The first-order valence-corrected chi connectivity index (χ1v) is 3.61. The largest absolute Gasteiger partial charge is 0.463 e. The van der Waals surface area contributed by atoms with Gasteiger partial charge in [0.2, 0.25) is 6.33 Å². The van der Waals surface area contributed by atoms with Crippen LogP contribution in [0, 0.1) is 6.33 Å². The third-order valence-corrected chi connectivity index (χ3v) is 1.16. The summed E-state index contributed by atoms with van der Waals surface area (Å²) >= 11 is 0. The number of unbranched alkanes of at least 4 members (excludes halogenated alkanes) is 1. The van der Waals surface area contributed by atoms with Crippen molar-refractivity contribution in [3.63, 3.8) is 0 Å². The van der Waals surface area contributed by atoms with Crippen molar-refractivity contribution in [3.05, 3.63) is 12.7 Å². The van der Waals surface area contributed by atoms with Crippen LogP contribution in [0.4, 0.5) is 0 Å². The fourth-order valence-corrected chi connectivity index (χ4v) is 0.582. The van der Waals surface area contributed by atoms with Crippen molar-refractivity contribution < 1.29 is 4.74 Å². The van der Waals surface area contributed by atoms with Gasteiger partial charge < -0.3 is 4.74 Å². The molecule has 0 aromatic carbocycles. The van der Waals surface area contributed by atoms with Crippen LogP contribution < -0.4 is 4.74 Å². The average molecular weight is 152 g/mol. The monoisotopic (exact) mass is 152 g/mol. The van der Waals surface area contributed by atoms with Crippen molar-refractivity contribution in [3.8, 4) is 6.01 Å². The normalized spacial score (nSPS) is 9.55. The molecule has 4 heteroatoms. The van der Waals surface area contributed by atoms with Gasteiger partial charge in [-0.05, 0) is 6.42 Å². The zero-order valence-electron chi connectivity index (χ0n) is 6.45. The molecule has 0 saturated heterocycles. The Hall–Kier alpha value is -1.19. The van der Waals surface area contributed by atoms with E-state index in [1.165, 1.54) is 6.33 Å². The van der Waals surface area contributed by atoms with Crippen LogP contribution in [-0.2, 0) is 0 Å². The maximum Gasteiger partial charge on any atom is 0.320 e. The second kappa shape index (κ2) is 4.60. The van der Waals surface area contributed by atoms with Crippen molar-refractivity contribution in [2.24, 2.45) is 0 Å². The van der Waals surface area contributed by atoms with E-state index in [9.17, 15) is 0 Å². The van der Waals surface area contributed by atoms with Crippen LogP contribution in [0.15, 0.2) is 6.33 Å².